The Kier molecular flexibility index (Phi) is 3.85. The molecule has 0 fully saturated rings. The van der Waals surface area contributed by atoms with E-state index in [-0.39, 0.29) is 11.7 Å². The maximum Gasteiger partial charge on any atom is 0.290 e. The molecule has 3 aromatic heterocycles. The first kappa shape index (κ1) is 13.6. The topological polar surface area (TPSA) is 88.5 Å². The SMILES string of the molecule is O=C(NCc1ccc(C(O)c2ccco2)s1)c1ccno1. The number of amides is 1. The number of furan rings is 1. The van der Waals surface area contributed by atoms with Crippen molar-refractivity contribution in [3.63, 3.8) is 0 Å². The molecule has 2 N–H and O–H groups in total. The molecule has 3 aromatic rings. The summed E-state index contributed by atoms with van der Waals surface area (Å²) in [5, 5.41) is 16.3. The third-order valence-corrected chi connectivity index (χ3v) is 3.99. The zero-order valence-electron chi connectivity index (χ0n) is 10.9. The van der Waals surface area contributed by atoms with Crippen LogP contribution in [0.2, 0.25) is 0 Å². The molecule has 0 spiro atoms. The van der Waals surface area contributed by atoms with E-state index in [0.717, 1.165) is 9.75 Å². The minimum absolute atomic E-state index is 0.169. The van der Waals surface area contributed by atoms with Crippen molar-refractivity contribution in [1.82, 2.24) is 10.5 Å². The number of aromatic nitrogens is 1. The number of carbonyl (C=O) groups excluding carboxylic acids is 1. The maximum atomic E-state index is 11.7. The van der Waals surface area contributed by atoms with Gasteiger partial charge in [0.25, 0.3) is 5.91 Å². The van der Waals surface area contributed by atoms with Crippen molar-refractivity contribution in [3.05, 3.63) is 64.1 Å². The lowest BCUT2D eigenvalue weighted by atomic mass is 10.2. The number of hydrogen-bond donors (Lipinski definition) is 2. The minimum Gasteiger partial charge on any atom is -0.466 e. The van der Waals surface area contributed by atoms with Crippen LogP contribution in [0.15, 0.2) is 51.7 Å². The minimum atomic E-state index is -0.788. The average molecular weight is 304 g/mol. The largest absolute Gasteiger partial charge is 0.466 e. The number of carbonyl (C=O) groups is 1. The average Bonchev–Trinajstić information content (AvgIpc) is 3.26. The van der Waals surface area contributed by atoms with Crippen LogP contribution in [0.25, 0.3) is 0 Å². The lowest BCUT2D eigenvalue weighted by Gasteiger charge is -2.04. The van der Waals surface area contributed by atoms with Crippen molar-refractivity contribution in [2.75, 3.05) is 0 Å². The van der Waals surface area contributed by atoms with E-state index in [9.17, 15) is 9.90 Å². The molecule has 6 nitrogen and oxygen atoms in total. The molecule has 0 aliphatic heterocycles. The molecule has 0 radical (unpaired) electrons. The van der Waals surface area contributed by atoms with E-state index in [1.54, 1.807) is 12.1 Å². The van der Waals surface area contributed by atoms with Gasteiger partial charge >= 0.3 is 0 Å². The Bertz CT molecular complexity index is 703. The van der Waals surface area contributed by atoms with Gasteiger partial charge in [-0.15, -0.1) is 11.3 Å². The van der Waals surface area contributed by atoms with Gasteiger partial charge in [0.1, 0.15) is 11.9 Å². The van der Waals surface area contributed by atoms with Gasteiger partial charge in [-0.05, 0) is 24.3 Å². The van der Waals surface area contributed by atoms with E-state index in [1.165, 1.54) is 29.9 Å². The van der Waals surface area contributed by atoms with E-state index < -0.39 is 6.10 Å². The van der Waals surface area contributed by atoms with Gasteiger partial charge in [0.05, 0.1) is 19.0 Å². The number of nitrogens with one attached hydrogen (secondary N) is 1. The fourth-order valence-corrected chi connectivity index (χ4v) is 2.76. The van der Waals surface area contributed by atoms with Crippen molar-refractivity contribution in [2.45, 2.75) is 12.6 Å². The Hall–Kier alpha value is -2.38. The van der Waals surface area contributed by atoms with E-state index in [2.05, 4.69) is 10.5 Å². The lowest BCUT2D eigenvalue weighted by Crippen LogP contribution is -2.21. The summed E-state index contributed by atoms with van der Waals surface area (Å²) >= 11 is 1.41. The third-order valence-electron chi connectivity index (χ3n) is 2.85. The predicted octanol–water partition coefficient (Wildman–Crippen LogP) is 2.34. The van der Waals surface area contributed by atoms with Crippen LogP contribution in [0.1, 0.15) is 32.2 Å². The van der Waals surface area contributed by atoms with E-state index >= 15 is 0 Å². The molecule has 108 valence electrons. The number of hydrogen-bond acceptors (Lipinski definition) is 6. The Morgan fingerprint density at radius 3 is 3.00 bits per heavy atom. The van der Waals surface area contributed by atoms with Crippen LogP contribution in [-0.2, 0) is 6.54 Å². The van der Waals surface area contributed by atoms with Crippen molar-refractivity contribution in [3.8, 4) is 0 Å². The van der Waals surface area contributed by atoms with Crippen LogP contribution in [0.5, 0.6) is 0 Å². The highest BCUT2D eigenvalue weighted by Crippen LogP contribution is 2.28. The summed E-state index contributed by atoms with van der Waals surface area (Å²) in [6, 6.07) is 8.61. The molecule has 0 aliphatic carbocycles. The van der Waals surface area contributed by atoms with Crippen molar-refractivity contribution >= 4 is 17.2 Å². The Morgan fingerprint density at radius 2 is 2.29 bits per heavy atom. The molecule has 0 saturated heterocycles. The maximum absolute atomic E-state index is 11.7. The summed E-state index contributed by atoms with van der Waals surface area (Å²) in [4.78, 5) is 13.4. The fraction of sp³-hybridized carbons (Fsp3) is 0.143. The molecule has 21 heavy (non-hydrogen) atoms. The summed E-state index contributed by atoms with van der Waals surface area (Å²) in [5.74, 6) is 0.338. The molecule has 1 amide bonds. The van der Waals surface area contributed by atoms with E-state index in [0.29, 0.717) is 12.3 Å². The lowest BCUT2D eigenvalue weighted by molar-refractivity contribution is 0.0914. The van der Waals surface area contributed by atoms with Crippen LogP contribution in [0.3, 0.4) is 0 Å². The fourth-order valence-electron chi connectivity index (χ4n) is 1.81. The summed E-state index contributed by atoms with van der Waals surface area (Å²) in [6.07, 6.45) is 2.14. The molecule has 0 saturated carbocycles. The summed E-state index contributed by atoms with van der Waals surface area (Å²) in [7, 11) is 0. The van der Waals surface area contributed by atoms with Gasteiger partial charge < -0.3 is 19.4 Å². The third kappa shape index (κ3) is 3.04. The first-order valence-corrected chi connectivity index (χ1v) is 7.04. The Labute approximate surface area is 124 Å². The highest BCUT2D eigenvalue weighted by Gasteiger charge is 2.16. The number of aliphatic hydroxyl groups excluding tert-OH is 1. The number of nitrogens with zero attached hydrogens (tertiary/aromatic N) is 1. The van der Waals surface area contributed by atoms with E-state index in [1.807, 2.05) is 12.1 Å². The van der Waals surface area contributed by atoms with Gasteiger partial charge in [-0.1, -0.05) is 5.16 Å². The van der Waals surface area contributed by atoms with Crippen LogP contribution >= 0.6 is 11.3 Å². The monoisotopic (exact) mass is 304 g/mol. The highest BCUT2D eigenvalue weighted by atomic mass is 32.1. The summed E-state index contributed by atoms with van der Waals surface area (Å²) in [5.41, 5.74) is 0. The second-order valence-electron chi connectivity index (χ2n) is 4.28. The van der Waals surface area contributed by atoms with Gasteiger partial charge in [-0.3, -0.25) is 4.79 Å². The van der Waals surface area contributed by atoms with Gasteiger partial charge in [0.2, 0.25) is 5.76 Å². The molecular weight excluding hydrogens is 292 g/mol. The Balaban J connectivity index is 1.62. The van der Waals surface area contributed by atoms with Crippen LogP contribution in [-0.4, -0.2) is 16.2 Å². The van der Waals surface area contributed by atoms with Crippen LogP contribution in [0, 0.1) is 0 Å². The second-order valence-corrected chi connectivity index (χ2v) is 5.48. The zero-order chi connectivity index (χ0) is 14.7. The molecule has 3 heterocycles. The summed E-state index contributed by atoms with van der Waals surface area (Å²) < 4.78 is 9.94. The standard InChI is InChI=1S/C14H12N2O4S/c17-13(10-2-1-7-19-10)12-4-3-9(21-12)8-15-14(18)11-5-6-16-20-11/h1-7,13,17H,8H2,(H,15,18). The van der Waals surface area contributed by atoms with Crippen LogP contribution < -0.4 is 5.32 Å². The van der Waals surface area contributed by atoms with Gasteiger partial charge in [0.15, 0.2) is 0 Å². The zero-order valence-corrected chi connectivity index (χ0v) is 11.7. The smallest absolute Gasteiger partial charge is 0.290 e. The first-order chi connectivity index (χ1) is 10.2. The molecule has 0 aromatic carbocycles. The van der Waals surface area contributed by atoms with Crippen molar-refractivity contribution in [2.24, 2.45) is 0 Å². The van der Waals surface area contributed by atoms with E-state index in [4.69, 9.17) is 8.94 Å². The second kappa shape index (κ2) is 5.94. The molecule has 3 rings (SSSR count). The molecule has 7 heteroatoms. The molecule has 0 bridgehead atoms. The molecular formula is C14H12N2O4S. The van der Waals surface area contributed by atoms with Gasteiger partial charge in [-0.2, -0.15) is 0 Å². The normalized spacial score (nSPS) is 12.2. The van der Waals surface area contributed by atoms with Crippen molar-refractivity contribution in [1.29, 1.82) is 0 Å². The summed E-state index contributed by atoms with van der Waals surface area (Å²) in [6.45, 7) is 0.356. The molecule has 0 aliphatic rings. The van der Waals surface area contributed by atoms with Crippen molar-refractivity contribution < 1.29 is 18.8 Å². The number of aliphatic hydroxyl groups is 1. The van der Waals surface area contributed by atoms with Gasteiger partial charge in [-0.25, -0.2) is 0 Å². The quantitative estimate of drug-likeness (QED) is 0.755. The van der Waals surface area contributed by atoms with Crippen LogP contribution in [0.4, 0.5) is 0 Å². The Morgan fingerprint density at radius 1 is 1.38 bits per heavy atom. The number of thiophene rings is 1. The predicted molar refractivity (Wildman–Crippen MR) is 74.8 cm³/mol. The number of rotatable bonds is 5. The first-order valence-electron chi connectivity index (χ1n) is 6.23. The molecule has 1 unspecified atom stereocenters. The van der Waals surface area contributed by atoms with Gasteiger partial charge in [0, 0.05) is 15.8 Å². The molecule has 1 atom stereocenters. The highest BCUT2D eigenvalue weighted by molar-refractivity contribution is 7.12.